The predicted molar refractivity (Wildman–Crippen MR) is 201 cm³/mol. The highest BCUT2D eigenvalue weighted by molar-refractivity contribution is 5.70. The van der Waals surface area contributed by atoms with E-state index in [-0.39, 0.29) is 25.2 Å². The van der Waals surface area contributed by atoms with E-state index in [4.69, 9.17) is 9.47 Å². The van der Waals surface area contributed by atoms with Crippen molar-refractivity contribution in [1.82, 2.24) is 0 Å². The van der Waals surface area contributed by atoms with E-state index in [1.54, 1.807) is 0 Å². The predicted octanol–water partition coefficient (Wildman–Crippen LogP) is 12.9. The Balaban J connectivity index is 3.51. The molecule has 0 radical (unpaired) electrons. The second kappa shape index (κ2) is 39.1. The van der Waals surface area contributed by atoms with Crippen LogP contribution >= 0.6 is 0 Å². The number of carbonyl (C=O) groups excluding carboxylic acids is 2. The molecule has 1 atom stereocenters. The number of unbranched alkanes of at least 4 members (excludes halogenated alkanes) is 28. The maximum absolute atomic E-state index is 12.2. The largest absolute Gasteiger partial charge is 0.462 e. The van der Waals surface area contributed by atoms with Gasteiger partial charge in [0.1, 0.15) is 6.61 Å². The molecule has 0 saturated heterocycles. The van der Waals surface area contributed by atoms with Gasteiger partial charge < -0.3 is 14.6 Å². The molecule has 0 aromatic rings. The van der Waals surface area contributed by atoms with Crippen molar-refractivity contribution in [3.63, 3.8) is 0 Å². The molecular weight excluding hydrogens is 584 g/mol. The van der Waals surface area contributed by atoms with Crippen LogP contribution in [0.3, 0.4) is 0 Å². The maximum atomic E-state index is 12.2. The van der Waals surface area contributed by atoms with Gasteiger partial charge in [0, 0.05) is 12.8 Å². The second-order valence-corrected chi connectivity index (χ2v) is 14.1. The van der Waals surface area contributed by atoms with Gasteiger partial charge in [0.25, 0.3) is 0 Å². The molecule has 47 heavy (non-hydrogen) atoms. The van der Waals surface area contributed by atoms with Crippen molar-refractivity contribution < 1.29 is 24.2 Å². The van der Waals surface area contributed by atoms with E-state index in [1.807, 2.05) is 0 Å². The van der Waals surface area contributed by atoms with E-state index in [9.17, 15) is 14.7 Å². The van der Waals surface area contributed by atoms with Crippen molar-refractivity contribution in [2.45, 2.75) is 232 Å². The lowest BCUT2D eigenvalue weighted by Crippen LogP contribution is -2.28. The number of allylic oxidation sites excluding steroid dienone is 2. The molecule has 0 saturated carbocycles. The summed E-state index contributed by atoms with van der Waals surface area (Å²) in [5.74, 6) is -0.588. The summed E-state index contributed by atoms with van der Waals surface area (Å²) in [7, 11) is 0. The number of esters is 2. The molecule has 0 aromatic heterocycles. The Bertz CT molecular complexity index is 676. The topological polar surface area (TPSA) is 72.8 Å². The fourth-order valence-electron chi connectivity index (χ4n) is 6.14. The van der Waals surface area contributed by atoms with Crippen LogP contribution in [0.15, 0.2) is 12.2 Å². The average Bonchev–Trinajstić information content (AvgIpc) is 3.07. The fraction of sp³-hybridized carbons (Fsp3) is 0.905. The molecule has 278 valence electrons. The number of hydrogen-bond donors (Lipinski definition) is 1. The van der Waals surface area contributed by atoms with E-state index < -0.39 is 6.10 Å². The first kappa shape index (κ1) is 45.6. The first-order chi connectivity index (χ1) is 23.1. The number of rotatable bonds is 38. The van der Waals surface area contributed by atoms with Crippen LogP contribution in [-0.4, -0.2) is 36.4 Å². The molecule has 0 bridgehead atoms. The van der Waals surface area contributed by atoms with Crippen molar-refractivity contribution in [2.75, 3.05) is 13.2 Å². The lowest BCUT2D eigenvalue weighted by molar-refractivity contribution is -0.161. The summed E-state index contributed by atoms with van der Waals surface area (Å²) >= 11 is 0. The Labute approximate surface area is 292 Å². The minimum Gasteiger partial charge on any atom is -0.462 e. The van der Waals surface area contributed by atoms with E-state index in [0.29, 0.717) is 12.8 Å². The number of hydrogen-bond acceptors (Lipinski definition) is 5. The van der Waals surface area contributed by atoms with Gasteiger partial charge in [0.2, 0.25) is 0 Å². The van der Waals surface area contributed by atoms with Crippen LogP contribution in [0.4, 0.5) is 0 Å². The van der Waals surface area contributed by atoms with Crippen molar-refractivity contribution in [2.24, 2.45) is 0 Å². The molecule has 0 aliphatic carbocycles. The first-order valence-corrected chi connectivity index (χ1v) is 20.7. The highest BCUT2D eigenvalue weighted by Gasteiger charge is 2.16. The van der Waals surface area contributed by atoms with Crippen LogP contribution in [0.5, 0.6) is 0 Å². The van der Waals surface area contributed by atoms with Gasteiger partial charge in [-0.25, -0.2) is 0 Å². The number of aliphatic hydroxyl groups is 1. The standard InChI is InChI=1S/C42H80O5/c1-3-5-7-9-11-13-15-17-19-21-23-24-26-28-30-32-34-36-41(44)46-39-40(38-43)47-42(45)37-35-33-31-29-27-25-22-20-18-16-14-12-10-8-6-4-2/h20,22,40,43H,3-19,21,23-39H2,1-2H3/b22-20-. The van der Waals surface area contributed by atoms with Crippen molar-refractivity contribution in [3.05, 3.63) is 12.2 Å². The van der Waals surface area contributed by atoms with E-state index in [0.717, 1.165) is 38.5 Å². The maximum Gasteiger partial charge on any atom is 0.306 e. The Kier molecular flexibility index (Phi) is 38.0. The van der Waals surface area contributed by atoms with Crippen LogP contribution in [0.25, 0.3) is 0 Å². The van der Waals surface area contributed by atoms with Gasteiger partial charge >= 0.3 is 11.9 Å². The fourth-order valence-corrected chi connectivity index (χ4v) is 6.14. The van der Waals surface area contributed by atoms with Crippen LogP contribution in [0, 0.1) is 0 Å². The van der Waals surface area contributed by atoms with E-state index in [2.05, 4.69) is 26.0 Å². The molecule has 0 aliphatic rings. The summed E-state index contributed by atoms with van der Waals surface area (Å²) in [6.45, 7) is 4.15. The van der Waals surface area contributed by atoms with E-state index in [1.165, 1.54) is 161 Å². The molecule has 0 amide bonds. The van der Waals surface area contributed by atoms with Gasteiger partial charge in [-0.15, -0.1) is 0 Å². The molecule has 0 spiro atoms. The second-order valence-electron chi connectivity index (χ2n) is 14.1. The summed E-state index contributed by atoms with van der Waals surface area (Å²) in [4.78, 5) is 24.3. The minimum absolute atomic E-state index is 0.0630. The molecular formula is C42H80O5. The van der Waals surface area contributed by atoms with Crippen LogP contribution in [0.1, 0.15) is 226 Å². The Morgan fingerprint density at radius 1 is 0.468 bits per heavy atom. The Morgan fingerprint density at radius 3 is 1.15 bits per heavy atom. The Hall–Kier alpha value is -1.36. The first-order valence-electron chi connectivity index (χ1n) is 20.7. The molecule has 0 aliphatic heterocycles. The average molecular weight is 665 g/mol. The summed E-state index contributed by atoms with van der Waals surface area (Å²) in [6, 6.07) is 0. The molecule has 0 heterocycles. The van der Waals surface area contributed by atoms with E-state index >= 15 is 0 Å². The van der Waals surface area contributed by atoms with Gasteiger partial charge in [0.05, 0.1) is 6.61 Å². The zero-order chi connectivity index (χ0) is 34.3. The molecule has 1 N–H and O–H groups in total. The number of ether oxygens (including phenoxy) is 2. The molecule has 5 heteroatoms. The number of aliphatic hydroxyl groups excluding tert-OH is 1. The van der Waals surface area contributed by atoms with Gasteiger partial charge in [-0.1, -0.05) is 187 Å². The van der Waals surface area contributed by atoms with Gasteiger partial charge in [0.15, 0.2) is 6.10 Å². The minimum atomic E-state index is -0.769. The molecule has 0 rings (SSSR count). The van der Waals surface area contributed by atoms with Crippen LogP contribution in [0.2, 0.25) is 0 Å². The van der Waals surface area contributed by atoms with Gasteiger partial charge in [-0.05, 0) is 38.5 Å². The highest BCUT2D eigenvalue weighted by Crippen LogP contribution is 2.15. The SMILES string of the molecule is CCCCCCCCC/C=C\CCCCCCCC(=O)OC(CO)COC(=O)CCCCCCCCCCCCCCCCCCC. The van der Waals surface area contributed by atoms with Crippen molar-refractivity contribution in [3.8, 4) is 0 Å². The normalized spacial score (nSPS) is 12.1. The molecule has 0 fully saturated rings. The smallest absolute Gasteiger partial charge is 0.306 e. The van der Waals surface area contributed by atoms with Crippen LogP contribution in [-0.2, 0) is 19.1 Å². The van der Waals surface area contributed by atoms with Gasteiger partial charge in [-0.2, -0.15) is 0 Å². The third-order valence-electron chi connectivity index (χ3n) is 9.31. The quantitative estimate of drug-likeness (QED) is 0.0404. The number of carbonyl (C=O) groups is 2. The summed E-state index contributed by atoms with van der Waals surface area (Å²) in [6.07, 6.45) is 44.2. The molecule has 5 nitrogen and oxygen atoms in total. The van der Waals surface area contributed by atoms with Crippen LogP contribution < -0.4 is 0 Å². The van der Waals surface area contributed by atoms with Gasteiger partial charge in [-0.3, -0.25) is 9.59 Å². The summed E-state index contributed by atoms with van der Waals surface area (Å²) in [5.41, 5.74) is 0. The lowest BCUT2D eigenvalue weighted by Gasteiger charge is -2.15. The zero-order valence-corrected chi connectivity index (χ0v) is 31.6. The summed E-state index contributed by atoms with van der Waals surface area (Å²) < 4.78 is 10.6. The van der Waals surface area contributed by atoms with Crippen molar-refractivity contribution >= 4 is 11.9 Å². The monoisotopic (exact) mass is 665 g/mol. The highest BCUT2D eigenvalue weighted by atomic mass is 16.6. The lowest BCUT2D eigenvalue weighted by atomic mass is 10.0. The summed E-state index contributed by atoms with van der Waals surface area (Å²) in [5, 5.41) is 9.56. The van der Waals surface area contributed by atoms with Crippen molar-refractivity contribution in [1.29, 1.82) is 0 Å². The third kappa shape index (κ3) is 37.3. The zero-order valence-electron chi connectivity index (χ0n) is 31.6. The third-order valence-corrected chi connectivity index (χ3v) is 9.31. The molecule has 1 unspecified atom stereocenters. The Morgan fingerprint density at radius 2 is 0.787 bits per heavy atom. The molecule has 0 aromatic carbocycles.